The zero-order valence-corrected chi connectivity index (χ0v) is 10.8. The third kappa shape index (κ3) is 3.55. The van der Waals surface area contributed by atoms with Gasteiger partial charge in [-0.05, 0) is 13.3 Å². The number of likely N-dealkylation sites (tertiary alicyclic amines) is 1. The Hall–Kier alpha value is -1.87. The van der Waals surface area contributed by atoms with Gasteiger partial charge in [-0.15, -0.1) is 5.92 Å². The Kier molecular flexibility index (Phi) is 4.53. The van der Waals surface area contributed by atoms with Gasteiger partial charge >= 0.3 is 0 Å². The molecule has 0 aliphatic carbocycles. The minimum absolute atomic E-state index is 0.00968. The molecule has 1 aliphatic rings. The molecule has 1 aliphatic heterocycles. The highest BCUT2D eigenvalue weighted by Gasteiger charge is 2.32. The summed E-state index contributed by atoms with van der Waals surface area (Å²) in [5.41, 5.74) is 5.66. The lowest BCUT2D eigenvalue weighted by Crippen LogP contribution is -2.34. The summed E-state index contributed by atoms with van der Waals surface area (Å²) in [6, 6.07) is 0.00968. The summed E-state index contributed by atoms with van der Waals surface area (Å²) in [7, 11) is 0. The van der Waals surface area contributed by atoms with Gasteiger partial charge < -0.3 is 10.5 Å². The number of nitrogen functional groups attached to an aromatic ring is 1. The maximum atomic E-state index is 13.5. The summed E-state index contributed by atoms with van der Waals surface area (Å²) in [6.45, 7) is 3.11. The van der Waals surface area contributed by atoms with Gasteiger partial charge in [0.05, 0.1) is 12.7 Å². The lowest BCUT2D eigenvalue weighted by Gasteiger charge is -2.21. The van der Waals surface area contributed by atoms with Crippen molar-refractivity contribution in [3.05, 3.63) is 12.5 Å². The molecule has 0 unspecified atom stereocenters. The van der Waals surface area contributed by atoms with Crippen molar-refractivity contribution in [2.75, 3.05) is 25.4 Å². The molecule has 1 fully saturated rings. The molecule has 102 valence electrons. The number of halogens is 1. The highest BCUT2D eigenvalue weighted by molar-refractivity contribution is 5.42. The smallest absolute Gasteiger partial charge is 0.179 e. The van der Waals surface area contributed by atoms with Crippen molar-refractivity contribution in [2.45, 2.75) is 25.6 Å². The molecule has 0 bridgehead atoms. The molecule has 0 spiro atoms. The molecule has 2 heterocycles. The van der Waals surface area contributed by atoms with E-state index in [0.29, 0.717) is 37.7 Å². The summed E-state index contributed by atoms with van der Waals surface area (Å²) in [5.74, 6) is 6.51. The minimum atomic E-state index is -0.823. The molecule has 1 aromatic heterocycles. The highest BCUT2D eigenvalue weighted by atomic mass is 19.1. The average molecular weight is 264 g/mol. The number of hydrogen-bond acceptors (Lipinski definition) is 5. The van der Waals surface area contributed by atoms with E-state index in [1.54, 1.807) is 6.92 Å². The van der Waals surface area contributed by atoms with Crippen LogP contribution in [0.4, 0.5) is 10.2 Å². The number of rotatable bonds is 4. The second-order valence-electron chi connectivity index (χ2n) is 4.43. The minimum Gasteiger partial charge on any atom is -0.486 e. The third-order valence-electron chi connectivity index (χ3n) is 3.07. The van der Waals surface area contributed by atoms with Crippen molar-refractivity contribution in [3.63, 3.8) is 0 Å². The maximum Gasteiger partial charge on any atom is 0.179 e. The standard InChI is InChI=1S/C13H17FN4O/c1-2-3-4-18-7-10(14)5-11(18)8-19-12-6-16-9-17-13(12)15/h6,9-11H,4-5,7-8H2,1H3,(H2,15,16,17)/t10-,11+/m1/s1. The van der Waals surface area contributed by atoms with Crippen LogP contribution in [0.25, 0.3) is 0 Å². The topological polar surface area (TPSA) is 64.3 Å². The van der Waals surface area contributed by atoms with Gasteiger partial charge in [0.25, 0.3) is 0 Å². The molecule has 1 aromatic rings. The summed E-state index contributed by atoms with van der Waals surface area (Å²) < 4.78 is 19.0. The van der Waals surface area contributed by atoms with E-state index in [1.807, 2.05) is 4.90 Å². The fourth-order valence-corrected chi connectivity index (χ4v) is 2.09. The Labute approximate surface area is 112 Å². The maximum absolute atomic E-state index is 13.5. The summed E-state index contributed by atoms with van der Waals surface area (Å²) in [5, 5.41) is 0. The first-order chi connectivity index (χ1) is 9.20. The van der Waals surface area contributed by atoms with E-state index in [9.17, 15) is 4.39 Å². The van der Waals surface area contributed by atoms with Gasteiger partial charge in [0.1, 0.15) is 19.1 Å². The van der Waals surface area contributed by atoms with Crippen LogP contribution in [-0.4, -0.2) is 46.8 Å². The summed E-state index contributed by atoms with van der Waals surface area (Å²) >= 11 is 0. The number of ether oxygens (including phenoxy) is 1. The molecule has 0 saturated carbocycles. The van der Waals surface area contributed by atoms with Gasteiger partial charge in [-0.2, -0.15) is 0 Å². The fraction of sp³-hybridized carbons (Fsp3) is 0.538. The molecule has 19 heavy (non-hydrogen) atoms. The van der Waals surface area contributed by atoms with Crippen molar-refractivity contribution in [2.24, 2.45) is 0 Å². The van der Waals surface area contributed by atoms with Crippen LogP contribution >= 0.6 is 0 Å². The number of aromatic nitrogens is 2. The molecule has 0 radical (unpaired) electrons. The molecule has 2 N–H and O–H groups in total. The molecule has 0 amide bonds. The van der Waals surface area contributed by atoms with Crippen molar-refractivity contribution in [1.82, 2.24) is 14.9 Å². The van der Waals surface area contributed by atoms with Crippen LogP contribution in [0.15, 0.2) is 12.5 Å². The van der Waals surface area contributed by atoms with E-state index in [0.717, 1.165) is 0 Å². The Balaban J connectivity index is 1.93. The molecule has 2 atom stereocenters. The predicted molar refractivity (Wildman–Crippen MR) is 70.3 cm³/mol. The van der Waals surface area contributed by atoms with Gasteiger partial charge in [0.2, 0.25) is 0 Å². The van der Waals surface area contributed by atoms with Crippen LogP contribution in [0.5, 0.6) is 5.75 Å². The first-order valence-corrected chi connectivity index (χ1v) is 6.16. The monoisotopic (exact) mass is 264 g/mol. The second kappa shape index (κ2) is 6.34. The molecular weight excluding hydrogens is 247 g/mol. The SMILES string of the molecule is CC#CCN1C[C@H](F)C[C@H]1COc1cncnc1N. The first-order valence-electron chi connectivity index (χ1n) is 6.16. The van der Waals surface area contributed by atoms with Gasteiger partial charge in [-0.3, -0.25) is 4.90 Å². The number of nitrogens with zero attached hydrogens (tertiary/aromatic N) is 3. The van der Waals surface area contributed by atoms with Crippen molar-refractivity contribution < 1.29 is 9.13 Å². The zero-order valence-electron chi connectivity index (χ0n) is 10.8. The van der Waals surface area contributed by atoms with Crippen LogP contribution in [0.3, 0.4) is 0 Å². The van der Waals surface area contributed by atoms with E-state index < -0.39 is 6.17 Å². The van der Waals surface area contributed by atoms with E-state index in [2.05, 4.69) is 21.8 Å². The van der Waals surface area contributed by atoms with E-state index in [-0.39, 0.29) is 6.04 Å². The molecule has 1 saturated heterocycles. The van der Waals surface area contributed by atoms with Crippen LogP contribution in [0.1, 0.15) is 13.3 Å². The lowest BCUT2D eigenvalue weighted by atomic mass is 10.2. The zero-order chi connectivity index (χ0) is 13.7. The Morgan fingerprint density at radius 2 is 2.47 bits per heavy atom. The number of anilines is 1. The van der Waals surface area contributed by atoms with Gasteiger partial charge in [0.15, 0.2) is 11.6 Å². The van der Waals surface area contributed by atoms with E-state index in [4.69, 9.17) is 10.5 Å². The van der Waals surface area contributed by atoms with Crippen molar-refractivity contribution >= 4 is 5.82 Å². The Bertz CT molecular complexity index is 485. The lowest BCUT2D eigenvalue weighted by molar-refractivity contribution is 0.186. The first kappa shape index (κ1) is 13.6. The Morgan fingerprint density at radius 1 is 1.63 bits per heavy atom. The molecule has 5 nitrogen and oxygen atoms in total. The highest BCUT2D eigenvalue weighted by Crippen LogP contribution is 2.22. The van der Waals surface area contributed by atoms with Crippen molar-refractivity contribution in [3.8, 4) is 17.6 Å². The summed E-state index contributed by atoms with van der Waals surface area (Å²) in [6.07, 6.45) is 2.51. The number of nitrogens with two attached hydrogens (primary N) is 1. The van der Waals surface area contributed by atoms with E-state index >= 15 is 0 Å². The van der Waals surface area contributed by atoms with Gasteiger partial charge in [-0.25, -0.2) is 14.4 Å². The predicted octanol–water partition coefficient (Wildman–Crippen LogP) is 0.873. The number of alkyl halides is 1. The molecule has 6 heteroatoms. The number of hydrogen-bond donors (Lipinski definition) is 1. The van der Waals surface area contributed by atoms with Gasteiger partial charge in [-0.1, -0.05) is 5.92 Å². The summed E-state index contributed by atoms with van der Waals surface area (Å²) in [4.78, 5) is 9.67. The van der Waals surface area contributed by atoms with E-state index in [1.165, 1.54) is 12.5 Å². The third-order valence-corrected chi connectivity index (χ3v) is 3.07. The van der Waals surface area contributed by atoms with Gasteiger partial charge in [0, 0.05) is 12.6 Å². The molecule has 2 rings (SSSR count). The second-order valence-corrected chi connectivity index (χ2v) is 4.43. The quantitative estimate of drug-likeness (QED) is 0.818. The van der Waals surface area contributed by atoms with Crippen LogP contribution < -0.4 is 10.5 Å². The van der Waals surface area contributed by atoms with Crippen molar-refractivity contribution in [1.29, 1.82) is 0 Å². The normalized spacial score (nSPS) is 22.8. The molecular formula is C13H17FN4O. The Morgan fingerprint density at radius 3 is 3.21 bits per heavy atom. The average Bonchev–Trinajstić information content (AvgIpc) is 2.76. The fourth-order valence-electron chi connectivity index (χ4n) is 2.09. The largest absolute Gasteiger partial charge is 0.486 e. The molecule has 0 aromatic carbocycles. The van der Waals surface area contributed by atoms with Crippen LogP contribution in [0, 0.1) is 11.8 Å². The van der Waals surface area contributed by atoms with Crippen LogP contribution in [-0.2, 0) is 0 Å². The van der Waals surface area contributed by atoms with Crippen LogP contribution in [0.2, 0.25) is 0 Å².